The third-order valence-electron chi connectivity index (χ3n) is 9.61. The zero-order valence-corrected chi connectivity index (χ0v) is 27.3. The van der Waals surface area contributed by atoms with Crippen LogP contribution in [0, 0.1) is 0 Å². The number of aromatic nitrogens is 2. The van der Waals surface area contributed by atoms with Crippen LogP contribution in [0.5, 0.6) is 0 Å². The van der Waals surface area contributed by atoms with Crippen LogP contribution >= 0.6 is 11.3 Å². The quantitative estimate of drug-likeness (QED) is 0.186. The van der Waals surface area contributed by atoms with E-state index in [1.165, 1.54) is 58.5 Å². The Morgan fingerprint density at radius 2 is 1.14 bits per heavy atom. The summed E-state index contributed by atoms with van der Waals surface area (Å²) in [7, 11) is 0. The van der Waals surface area contributed by atoms with Gasteiger partial charge in [0.2, 0.25) is 0 Å². The highest BCUT2D eigenvalue weighted by Gasteiger charge is 2.19. The second-order valence-corrected chi connectivity index (χ2v) is 13.5. The van der Waals surface area contributed by atoms with Crippen molar-refractivity contribution in [1.29, 1.82) is 0 Å². The zero-order valence-electron chi connectivity index (χ0n) is 26.5. The Labute approximate surface area is 287 Å². The molecule has 3 aromatic heterocycles. The van der Waals surface area contributed by atoms with Gasteiger partial charge in [-0.15, -0.1) is 11.3 Å². The first-order chi connectivity index (χ1) is 24.3. The Bertz CT molecular complexity index is 2820. The molecule has 7 aromatic carbocycles. The number of benzene rings is 7. The molecule has 0 aliphatic rings. The predicted molar refractivity (Wildman–Crippen MR) is 209 cm³/mol. The van der Waals surface area contributed by atoms with E-state index in [-0.39, 0.29) is 0 Å². The van der Waals surface area contributed by atoms with Gasteiger partial charge in [-0.2, -0.15) is 0 Å². The normalized spacial score (nSPS) is 11.7. The molecular formula is C45H29N3S. The number of pyridine rings is 1. The molecule has 230 valence electrons. The maximum absolute atomic E-state index is 5.18. The minimum absolute atomic E-state index is 1.03. The molecule has 0 aliphatic heterocycles. The van der Waals surface area contributed by atoms with E-state index in [9.17, 15) is 0 Å². The summed E-state index contributed by atoms with van der Waals surface area (Å²) in [6.07, 6.45) is 2.04. The van der Waals surface area contributed by atoms with Gasteiger partial charge >= 0.3 is 0 Å². The van der Waals surface area contributed by atoms with Gasteiger partial charge in [0.15, 0.2) is 0 Å². The second kappa shape index (κ2) is 11.2. The minimum Gasteiger partial charge on any atom is -0.309 e. The number of para-hydroxylation sites is 2. The fraction of sp³-hybridized carbons (Fsp3) is 0. The first kappa shape index (κ1) is 27.8. The van der Waals surface area contributed by atoms with Gasteiger partial charge in [-0.3, -0.25) is 4.98 Å². The second-order valence-electron chi connectivity index (χ2n) is 12.4. The van der Waals surface area contributed by atoms with Crippen molar-refractivity contribution in [1.82, 2.24) is 9.55 Å². The third kappa shape index (κ3) is 4.53. The van der Waals surface area contributed by atoms with Crippen molar-refractivity contribution in [3.8, 4) is 16.8 Å². The molecule has 0 amide bonds. The molecule has 0 radical (unpaired) electrons. The Morgan fingerprint density at radius 3 is 1.98 bits per heavy atom. The summed E-state index contributed by atoms with van der Waals surface area (Å²) in [5.41, 5.74) is 10.2. The topological polar surface area (TPSA) is 21.1 Å². The van der Waals surface area contributed by atoms with E-state index in [0.29, 0.717) is 0 Å². The fourth-order valence-electron chi connectivity index (χ4n) is 7.36. The molecule has 0 N–H and O–H groups in total. The van der Waals surface area contributed by atoms with Crippen molar-refractivity contribution < 1.29 is 0 Å². The van der Waals surface area contributed by atoms with E-state index in [2.05, 4.69) is 179 Å². The number of hydrogen-bond acceptors (Lipinski definition) is 3. The van der Waals surface area contributed by atoms with Crippen LogP contribution in [0.15, 0.2) is 176 Å². The summed E-state index contributed by atoms with van der Waals surface area (Å²) >= 11 is 1.81. The molecule has 10 rings (SSSR count). The average Bonchev–Trinajstić information content (AvgIpc) is 3.71. The average molecular weight is 644 g/mol. The van der Waals surface area contributed by atoms with Gasteiger partial charge in [0.1, 0.15) is 0 Å². The summed E-state index contributed by atoms with van der Waals surface area (Å²) in [5.74, 6) is 0. The Hall–Kier alpha value is -6.23. The van der Waals surface area contributed by atoms with Crippen molar-refractivity contribution >= 4 is 81.3 Å². The molecular weight excluding hydrogens is 615 g/mol. The van der Waals surface area contributed by atoms with Crippen LogP contribution in [-0.2, 0) is 0 Å². The van der Waals surface area contributed by atoms with Crippen molar-refractivity contribution in [3.05, 3.63) is 176 Å². The van der Waals surface area contributed by atoms with Gasteiger partial charge in [0.05, 0.1) is 33.1 Å². The molecule has 0 aliphatic carbocycles. The Balaban J connectivity index is 1.19. The number of fused-ring (bicyclic) bond motifs is 8. The first-order valence-corrected chi connectivity index (χ1v) is 17.4. The van der Waals surface area contributed by atoms with E-state index < -0.39 is 0 Å². The monoisotopic (exact) mass is 643 g/mol. The highest BCUT2D eigenvalue weighted by Crippen LogP contribution is 2.43. The van der Waals surface area contributed by atoms with Crippen LogP contribution in [-0.4, -0.2) is 9.55 Å². The highest BCUT2D eigenvalue weighted by atomic mass is 32.1. The van der Waals surface area contributed by atoms with E-state index in [1.54, 1.807) is 0 Å². The molecule has 0 saturated heterocycles. The molecule has 3 heterocycles. The number of hydrogen-bond donors (Lipinski definition) is 0. The zero-order chi connectivity index (χ0) is 32.3. The maximum atomic E-state index is 5.18. The molecule has 0 unspecified atom stereocenters. The van der Waals surface area contributed by atoms with E-state index in [0.717, 1.165) is 28.3 Å². The van der Waals surface area contributed by atoms with Crippen LogP contribution in [0.4, 0.5) is 17.1 Å². The lowest BCUT2D eigenvalue weighted by Crippen LogP contribution is -2.10. The summed E-state index contributed by atoms with van der Waals surface area (Å²) in [6.45, 7) is 0. The molecule has 10 aromatic rings. The molecule has 3 nitrogen and oxygen atoms in total. The fourth-order valence-corrected chi connectivity index (χ4v) is 8.47. The van der Waals surface area contributed by atoms with Gasteiger partial charge in [-0.05, 0) is 82.6 Å². The highest BCUT2D eigenvalue weighted by molar-refractivity contribution is 7.26. The molecule has 0 fully saturated rings. The van der Waals surface area contributed by atoms with Crippen LogP contribution in [0.2, 0.25) is 0 Å². The van der Waals surface area contributed by atoms with Crippen molar-refractivity contribution in [3.63, 3.8) is 0 Å². The van der Waals surface area contributed by atoms with Crippen LogP contribution < -0.4 is 4.90 Å². The number of thiophene rings is 1. The maximum Gasteiger partial charge on any atom is 0.0896 e. The third-order valence-corrected chi connectivity index (χ3v) is 10.7. The van der Waals surface area contributed by atoms with Crippen molar-refractivity contribution in [2.45, 2.75) is 0 Å². The minimum atomic E-state index is 1.03. The predicted octanol–water partition coefficient (Wildman–Crippen LogP) is 12.8. The number of nitrogens with zero attached hydrogens (tertiary/aromatic N) is 3. The lowest BCUT2D eigenvalue weighted by Gasteiger charge is -2.25. The van der Waals surface area contributed by atoms with Crippen molar-refractivity contribution in [2.75, 3.05) is 4.90 Å². The molecule has 4 heteroatoms. The van der Waals surface area contributed by atoms with Gasteiger partial charge in [-0.1, -0.05) is 109 Å². The molecule has 0 spiro atoms. The molecule has 0 saturated carbocycles. The summed E-state index contributed by atoms with van der Waals surface area (Å²) in [6, 6.07) is 61.0. The first-order valence-electron chi connectivity index (χ1n) is 16.5. The number of anilines is 3. The van der Waals surface area contributed by atoms with Gasteiger partial charge < -0.3 is 9.47 Å². The Kier molecular flexibility index (Phi) is 6.36. The van der Waals surface area contributed by atoms with Crippen LogP contribution in [0.1, 0.15) is 0 Å². The van der Waals surface area contributed by atoms with E-state index in [1.807, 2.05) is 17.5 Å². The van der Waals surface area contributed by atoms with Gasteiger partial charge in [0, 0.05) is 37.9 Å². The Morgan fingerprint density at radius 1 is 0.469 bits per heavy atom. The summed E-state index contributed by atoms with van der Waals surface area (Å²) < 4.78 is 4.80. The van der Waals surface area contributed by atoms with E-state index in [4.69, 9.17) is 4.98 Å². The SMILES string of the molecule is c1ccc(-c2ccc(N(c3cnc4c(c3)sc3ccc5ccccc5c34)c3ccc4c(c3)c3ccccc3n4-c3ccccc3)cc2)cc1. The molecule has 49 heavy (non-hydrogen) atoms. The van der Waals surface area contributed by atoms with E-state index >= 15 is 0 Å². The standard InChI is InChI=1S/C45H29N3S/c1-3-11-30(12-4-1)31-19-22-34(23-20-31)47(36-28-43-45(46-29-36)44-37-16-8-7-13-32(37)21-26-42(44)49-43)35-24-25-41-39(27-35)38-17-9-10-18-40(38)48(41)33-14-5-2-6-15-33/h1-29H. The van der Waals surface area contributed by atoms with Crippen LogP contribution in [0.3, 0.4) is 0 Å². The number of rotatable bonds is 5. The summed E-state index contributed by atoms with van der Waals surface area (Å²) in [5, 5.41) is 6.17. The molecule has 0 atom stereocenters. The molecule has 0 bridgehead atoms. The van der Waals surface area contributed by atoms with Gasteiger partial charge in [-0.25, -0.2) is 0 Å². The smallest absolute Gasteiger partial charge is 0.0896 e. The van der Waals surface area contributed by atoms with Crippen molar-refractivity contribution in [2.24, 2.45) is 0 Å². The lowest BCUT2D eigenvalue weighted by molar-refractivity contribution is 1.18. The van der Waals surface area contributed by atoms with Crippen LogP contribution in [0.25, 0.3) is 69.7 Å². The largest absolute Gasteiger partial charge is 0.309 e. The summed E-state index contributed by atoms with van der Waals surface area (Å²) in [4.78, 5) is 7.52. The lowest BCUT2D eigenvalue weighted by atomic mass is 10.0. The van der Waals surface area contributed by atoms with Gasteiger partial charge in [0.25, 0.3) is 0 Å².